The highest BCUT2D eigenvalue weighted by Gasteiger charge is 2.36. The number of alkyl halides is 1. The van der Waals surface area contributed by atoms with Gasteiger partial charge in [-0.25, -0.2) is 0 Å². The van der Waals surface area contributed by atoms with Crippen LogP contribution in [-0.2, 0) is 5.88 Å². The van der Waals surface area contributed by atoms with E-state index in [0.717, 1.165) is 11.8 Å². The van der Waals surface area contributed by atoms with Crippen LogP contribution in [0.4, 0.5) is 5.69 Å². The number of halogens is 1. The van der Waals surface area contributed by atoms with E-state index in [1.165, 1.54) is 43.6 Å². The van der Waals surface area contributed by atoms with Crippen LogP contribution in [0.3, 0.4) is 0 Å². The molecular weight excluding hydrogens is 220 g/mol. The molecule has 0 N–H and O–H groups in total. The lowest BCUT2D eigenvalue weighted by Gasteiger charge is -2.21. The summed E-state index contributed by atoms with van der Waals surface area (Å²) in [6.07, 6.45) is 8.04. The zero-order valence-electron chi connectivity index (χ0n) is 9.40. The molecule has 86 valence electrons. The molecule has 2 unspecified atom stereocenters. The largest absolute Gasteiger partial charge is 0.371 e. The van der Waals surface area contributed by atoms with E-state index in [-0.39, 0.29) is 0 Å². The Hall–Kier alpha value is -0.760. The average molecular weight is 237 g/mol. The monoisotopic (exact) mass is 236 g/mol. The third-order valence-electron chi connectivity index (χ3n) is 4.09. The number of rotatable bonds is 2. The van der Waals surface area contributed by atoms with E-state index < -0.39 is 0 Å². The standard InChI is InChI=1S/C13H17ClN2/c14-6-12-7-15-5-4-13(12)16-8-10-2-1-3-11(10)9-16/h4-5,7,10-11H,1-3,6,8-9H2. The summed E-state index contributed by atoms with van der Waals surface area (Å²) >= 11 is 5.96. The highest BCUT2D eigenvalue weighted by Crippen LogP contribution is 2.40. The van der Waals surface area contributed by atoms with E-state index >= 15 is 0 Å². The summed E-state index contributed by atoms with van der Waals surface area (Å²) in [6, 6.07) is 2.11. The Morgan fingerprint density at radius 2 is 2.06 bits per heavy atom. The second-order valence-electron chi connectivity index (χ2n) is 4.99. The predicted octanol–water partition coefficient (Wildman–Crippen LogP) is 3.06. The molecule has 16 heavy (non-hydrogen) atoms. The lowest BCUT2D eigenvalue weighted by molar-refractivity contribution is 0.494. The summed E-state index contributed by atoms with van der Waals surface area (Å²) in [5.41, 5.74) is 2.48. The Morgan fingerprint density at radius 3 is 2.75 bits per heavy atom. The fraction of sp³-hybridized carbons (Fsp3) is 0.615. The quantitative estimate of drug-likeness (QED) is 0.734. The molecule has 2 atom stereocenters. The summed E-state index contributed by atoms with van der Waals surface area (Å²) in [7, 11) is 0. The smallest absolute Gasteiger partial charge is 0.0509 e. The minimum Gasteiger partial charge on any atom is -0.371 e. The van der Waals surface area contributed by atoms with Gasteiger partial charge in [0.1, 0.15) is 0 Å². The van der Waals surface area contributed by atoms with Gasteiger partial charge in [0.15, 0.2) is 0 Å². The maximum absolute atomic E-state index is 5.96. The van der Waals surface area contributed by atoms with Crippen LogP contribution in [0.15, 0.2) is 18.5 Å². The molecule has 1 saturated carbocycles. The van der Waals surface area contributed by atoms with Crippen molar-refractivity contribution in [1.82, 2.24) is 4.98 Å². The van der Waals surface area contributed by atoms with E-state index in [0.29, 0.717) is 5.88 Å². The molecule has 2 nitrogen and oxygen atoms in total. The fourth-order valence-corrected chi connectivity index (χ4v) is 3.47. The molecule has 0 bridgehead atoms. The Morgan fingerprint density at radius 1 is 1.31 bits per heavy atom. The number of anilines is 1. The summed E-state index contributed by atoms with van der Waals surface area (Å²) in [4.78, 5) is 6.66. The van der Waals surface area contributed by atoms with E-state index in [4.69, 9.17) is 11.6 Å². The minimum absolute atomic E-state index is 0.564. The SMILES string of the molecule is ClCc1cnccc1N1CC2CCCC2C1. The summed E-state index contributed by atoms with van der Waals surface area (Å²) in [5.74, 6) is 2.42. The Labute approximate surface area is 102 Å². The molecule has 0 aromatic carbocycles. The molecule has 1 aliphatic heterocycles. The van der Waals surface area contributed by atoms with Gasteiger partial charge in [-0.3, -0.25) is 4.98 Å². The van der Waals surface area contributed by atoms with Crippen molar-refractivity contribution in [1.29, 1.82) is 0 Å². The summed E-state index contributed by atoms with van der Waals surface area (Å²) in [5, 5.41) is 0. The molecule has 1 aliphatic carbocycles. The Kier molecular flexibility index (Phi) is 2.76. The maximum atomic E-state index is 5.96. The van der Waals surface area contributed by atoms with Crippen LogP contribution in [0.1, 0.15) is 24.8 Å². The first-order chi connectivity index (χ1) is 7.88. The van der Waals surface area contributed by atoms with Crippen molar-refractivity contribution >= 4 is 17.3 Å². The van der Waals surface area contributed by atoms with Crippen molar-refractivity contribution in [2.75, 3.05) is 18.0 Å². The first kappa shape index (κ1) is 10.4. The van der Waals surface area contributed by atoms with Crippen molar-refractivity contribution in [3.05, 3.63) is 24.0 Å². The van der Waals surface area contributed by atoms with Crippen LogP contribution in [0.2, 0.25) is 0 Å². The van der Waals surface area contributed by atoms with E-state index in [1.54, 1.807) is 0 Å². The van der Waals surface area contributed by atoms with Crippen molar-refractivity contribution < 1.29 is 0 Å². The summed E-state index contributed by atoms with van der Waals surface area (Å²) < 4.78 is 0. The number of nitrogens with zero attached hydrogens (tertiary/aromatic N) is 2. The van der Waals surface area contributed by atoms with Gasteiger partial charge in [0.25, 0.3) is 0 Å². The highest BCUT2D eigenvalue weighted by atomic mass is 35.5. The second kappa shape index (κ2) is 4.25. The number of fused-ring (bicyclic) bond motifs is 1. The zero-order valence-corrected chi connectivity index (χ0v) is 10.2. The zero-order chi connectivity index (χ0) is 11.0. The molecule has 2 aliphatic rings. The topological polar surface area (TPSA) is 16.1 Å². The first-order valence-electron chi connectivity index (χ1n) is 6.12. The van der Waals surface area contributed by atoms with Crippen molar-refractivity contribution in [3.63, 3.8) is 0 Å². The van der Waals surface area contributed by atoms with Crippen molar-refractivity contribution in [3.8, 4) is 0 Å². The van der Waals surface area contributed by atoms with Gasteiger partial charge in [-0.15, -0.1) is 11.6 Å². The molecule has 1 saturated heterocycles. The molecule has 1 aromatic heterocycles. The third-order valence-corrected chi connectivity index (χ3v) is 4.38. The van der Waals surface area contributed by atoms with E-state index in [2.05, 4.69) is 16.0 Å². The van der Waals surface area contributed by atoms with Gasteiger partial charge < -0.3 is 4.90 Å². The molecule has 0 amide bonds. The first-order valence-corrected chi connectivity index (χ1v) is 6.65. The maximum Gasteiger partial charge on any atom is 0.0509 e. The minimum atomic E-state index is 0.564. The molecule has 0 spiro atoms. The molecule has 3 heteroatoms. The van der Waals surface area contributed by atoms with E-state index in [9.17, 15) is 0 Å². The number of aromatic nitrogens is 1. The Balaban J connectivity index is 1.83. The predicted molar refractivity (Wildman–Crippen MR) is 66.8 cm³/mol. The van der Waals surface area contributed by atoms with Crippen molar-refractivity contribution in [2.24, 2.45) is 11.8 Å². The molecule has 2 fully saturated rings. The summed E-state index contributed by atoms with van der Waals surface area (Å²) in [6.45, 7) is 2.44. The lowest BCUT2D eigenvalue weighted by atomic mass is 10.0. The van der Waals surface area contributed by atoms with Gasteiger partial charge in [-0.05, 0) is 30.7 Å². The van der Waals surface area contributed by atoms with Crippen LogP contribution >= 0.6 is 11.6 Å². The molecular formula is C13H17ClN2. The fourth-order valence-electron chi connectivity index (χ4n) is 3.26. The number of hydrogen-bond donors (Lipinski definition) is 0. The van der Waals surface area contributed by atoms with Gasteiger partial charge in [0.2, 0.25) is 0 Å². The normalized spacial score (nSPS) is 28.4. The van der Waals surface area contributed by atoms with Gasteiger partial charge in [0, 0.05) is 36.7 Å². The number of pyridine rings is 1. The lowest BCUT2D eigenvalue weighted by Crippen LogP contribution is -2.21. The van der Waals surface area contributed by atoms with Gasteiger partial charge >= 0.3 is 0 Å². The molecule has 0 radical (unpaired) electrons. The molecule has 2 heterocycles. The van der Waals surface area contributed by atoms with Gasteiger partial charge in [-0.1, -0.05) is 6.42 Å². The average Bonchev–Trinajstić information content (AvgIpc) is 2.89. The van der Waals surface area contributed by atoms with Crippen LogP contribution in [-0.4, -0.2) is 18.1 Å². The second-order valence-corrected chi connectivity index (χ2v) is 5.26. The highest BCUT2D eigenvalue weighted by molar-refractivity contribution is 6.17. The van der Waals surface area contributed by atoms with Gasteiger partial charge in [0.05, 0.1) is 5.88 Å². The number of hydrogen-bond acceptors (Lipinski definition) is 2. The van der Waals surface area contributed by atoms with Crippen LogP contribution in [0.5, 0.6) is 0 Å². The van der Waals surface area contributed by atoms with Crippen molar-refractivity contribution in [2.45, 2.75) is 25.1 Å². The van der Waals surface area contributed by atoms with Crippen LogP contribution in [0.25, 0.3) is 0 Å². The third kappa shape index (κ3) is 1.69. The van der Waals surface area contributed by atoms with Crippen LogP contribution < -0.4 is 4.90 Å². The Bertz CT molecular complexity index is 368. The van der Waals surface area contributed by atoms with Crippen LogP contribution in [0, 0.1) is 11.8 Å². The molecule has 3 rings (SSSR count). The van der Waals surface area contributed by atoms with Gasteiger partial charge in [-0.2, -0.15) is 0 Å². The molecule has 1 aromatic rings. The van der Waals surface area contributed by atoms with E-state index in [1.807, 2.05) is 12.4 Å².